The molecule has 0 spiro atoms. The van der Waals surface area contributed by atoms with Gasteiger partial charge in [0.15, 0.2) is 17.5 Å². The number of nitro groups is 1. The fourth-order valence-corrected chi connectivity index (χ4v) is 4.26. The van der Waals surface area contributed by atoms with Gasteiger partial charge in [-0.25, -0.2) is 4.98 Å². The molecule has 1 aliphatic rings. The third kappa shape index (κ3) is 4.96. The minimum Gasteiger partial charge on any atom is -0.457 e. The molecule has 1 aromatic heterocycles. The van der Waals surface area contributed by atoms with Crippen LogP contribution in [0.1, 0.15) is 22.3 Å². The second-order valence-electron chi connectivity index (χ2n) is 7.62. The van der Waals surface area contributed by atoms with Gasteiger partial charge in [-0.3, -0.25) is 29.4 Å². The van der Waals surface area contributed by atoms with Gasteiger partial charge in [0.1, 0.15) is 0 Å². The lowest BCUT2D eigenvalue weighted by molar-refractivity contribution is -0.384. The Morgan fingerprint density at radius 2 is 1.88 bits per heavy atom. The van der Waals surface area contributed by atoms with Crippen LogP contribution in [0, 0.1) is 23.0 Å². The lowest BCUT2D eigenvalue weighted by Gasteiger charge is -2.12. The zero-order valence-corrected chi connectivity index (χ0v) is 18.4. The number of ether oxygens (including phenoxy) is 1. The van der Waals surface area contributed by atoms with Crippen molar-refractivity contribution in [2.75, 3.05) is 18.1 Å². The van der Waals surface area contributed by atoms with Gasteiger partial charge in [0.25, 0.3) is 5.69 Å². The second kappa shape index (κ2) is 9.29. The number of carbonyl (C=O) groups excluding carboxylic acids is 3. The van der Waals surface area contributed by atoms with Crippen LogP contribution in [0.2, 0.25) is 0 Å². The van der Waals surface area contributed by atoms with E-state index in [1.807, 2.05) is 36.6 Å². The molecule has 0 N–H and O–H groups in total. The van der Waals surface area contributed by atoms with Crippen LogP contribution in [0.15, 0.2) is 53.9 Å². The zero-order valence-electron chi connectivity index (χ0n) is 17.6. The summed E-state index contributed by atoms with van der Waals surface area (Å²) in [6.45, 7) is 1.62. The highest BCUT2D eigenvalue weighted by molar-refractivity contribution is 7.14. The van der Waals surface area contributed by atoms with Gasteiger partial charge in [0.05, 0.1) is 16.5 Å². The standard InChI is InChI=1S/C23H19N3O6S/c1-14-2-4-15(5-3-14)19-13-33-23(24-19)25-11-17(10-21(25)28)22(29)32-12-20(27)16-6-8-18(9-7-16)26(30)31/h2-9,13,17H,10-12H2,1H3/t17-/m1/s1. The van der Waals surface area contributed by atoms with Crippen LogP contribution >= 0.6 is 11.3 Å². The maximum Gasteiger partial charge on any atom is 0.311 e. The van der Waals surface area contributed by atoms with Crippen LogP contribution < -0.4 is 4.90 Å². The number of aromatic nitrogens is 1. The van der Waals surface area contributed by atoms with E-state index in [0.29, 0.717) is 5.13 Å². The van der Waals surface area contributed by atoms with E-state index in [2.05, 4.69) is 4.98 Å². The number of esters is 1. The van der Waals surface area contributed by atoms with Gasteiger partial charge in [-0.1, -0.05) is 29.8 Å². The molecule has 33 heavy (non-hydrogen) atoms. The molecule has 1 fully saturated rings. The first-order chi connectivity index (χ1) is 15.8. The maximum absolute atomic E-state index is 12.5. The number of carbonyl (C=O) groups is 3. The fraction of sp³-hybridized carbons (Fsp3) is 0.217. The highest BCUT2D eigenvalue weighted by Crippen LogP contribution is 2.32. The molecule has 1 amide bonds. The van der Waals surface area contributed by atoms with Crippen LogP contribution in [-0.2, 0) is 14.3 Å². The third-order valence-corrected chi connectivity index (χ3v) is 6.14. The summed E-state index contributed by atoms with van der Waals surface area (Å²) in [7, 11) is 0. The number of rotatable bonds is 7. The van der Waals surface area contributed by atoms with Gasteiger partial charge >= 0.3 is 5.97 Å². The van der Waals surface area contributed by atoms with Crippen molar-refractivity contribution in [1.29, 1.82) is 0 Å². The minimum absolute atomic E-state index is 0.0238. The van der Waals surface area contributed by atoms with Gasteiger partial charge in [0, 0.05) is 41.6 Å². The van der Waals surface area contributed by atoms with E-state index in [1.54, 1.807) is 0 Å². The first-order valence-electron chi connectivity index (χ1n) is 10.1. The first-order valence-corrected chi connectivity index (χ1v) is 11.0. The molecule has 2 aromatic carbocycles. The van der Waals surface area contributed by atoms with E-state index in [9.17, 15) is 24.5 Å². The monoisotopic (exact) mass is 465 g/mol. The van der Waals surface area contributed by atoms with Crippen molar-refractivity contribution >= 4 is 39.8 Å². The quantitative estimate of drug-likeness (QED) is 0.225. The minimum atomic E-state index is -0.700. The molecule has 4 rings (SSSR count). The van der Waals surface area contributed by atoms with Crippen LogP contribution in [-0.4, -0.2) is 40.7 Å². The van der Waals surface area contributed by atoms with E-state index >= 15 is 0 Å². The molecule has 0 unspecified atom stereocenters. The third-order valence-electron chi connectivity index (χ3n) is 5.27. The molecular weight excluding hydrogens is 446 g/mol. The number of aryl methyl sites for hydroxylation is 1. The van der Waals surface area contributed by atoms with Gasteiger partial charge in [0.2, 0.25) is 5.91 Å². The number of nitro benzene ring substituents is 1. The van der Waals surface area contributed by atoms with Crippen molar-refractivity contribution in [1.82, 2.24) is 4.98 Å². The Bertz CT molecular complexity index is 1220. The average Bonchev–Trinajstić information content (AvgIpc) is 3.44. The Kier molecular flexibility index (Phi) is 6.27. The van der Waals surface area contributed by atoms with Crippen LogP contribution in [0.4, 0.5) is 10.8 Å². The van der Waals surface area contributed by atoms with Crippen molar-refractivity contribution in [2.45, 2.75) is 13.3 Å². The van der Waals surface area contributed by atoms with Crippen molar-refractivity contribution in [3.05, 3.63) is 75.2 Å². The second-order valence-corrected chi connectivity index (χ2v) is 8.46. The molecule has 3 aromatic rings. The van der Waals surface area contributed by atoms with Crippen molar-refractivity contribution < 1.29 is 24.0 Å². The Morgan fingerprint density at radius 1 is 1.18 bits per heavy atom. The number of amides is 1. The predicted molar refractivity (Wildman–Crippen MR) is 121 cm³/mol. The van der Waals surface area contributed by atoms with E-state index in [4.69, 9.17) is 4.74 Å². The number of non-ortho nitro benzene ring substituents is 1. The lowest BCUT2D eigenvalue weighted by atomic mass is 10.1. The highest BCUT2D eigenvalue weighted by atomic mass is 32.1. The highest BCUT2D eigenvalue weighted by Gasteiger charge is 2.37. The molecule has 168 valence electrons. The first kappa shape index (κ1) is 22.3. The maximum atomic E-state index is 12.5. The van der Waals surface area contributed by atoms with Crippen LogP contribution in [0.5, 0.6) is 0 Å². The molecule has 1 aliphatic heterocycles. The number of benzene rings is 2. The van der Waals surface area contributed by atoms with Crippen molar-refractivity contribution in [3.8, 4) is 11.3 Å². The molecule has 0 radical (unpaired) electrons. The molecular formula is C23H19N3O6S. The van der Waals surface area contributed by atoms with Gasteiger partial charge in [-0.15, -0.1) is 11.3 Å². The molecule has 0 bridgehead atoms. The summed E-state index contributed by atoms with van der Waals surface area (Å²) < 4.78 is 5.12. The fourth-order valence-electron chi connectivity index (χ4n) is 3.40. The zero-order chi connectivity index (χ0) is 23.5. The predicted octanol–water partition coefficient (Wildman–Crippen LogP) is 3.81. The number of thiazole rings is 1. The Hall–Kier alpha value is -3.92. The van der Waals surface area contributed by atoms with E-state index in [1.165, 1.54) is 40.5 Å². The topological polar surface area (TPSA) is 120 Å². The normalized spacial score (nSPS) is 15.5. The van der Waals surface area contributed by atoms with E-state index in [0.717, 1.165) is 16.8 Å². The summed E-state index contributed by atoms with van der Waals surface area (Å²) in [5, 5.41) is 13.1. The summed E-state index contributed by atoms with van der Waals surface area (Å²) in [6.07, 6.45) is -0.0238. The number of hydrogen-bond acceptors (Lipinski definition) is 8. The summed E-state index contributed by atoms with van der Waals surface area (Å²) in [5.41, 5.74) is 2.89. The molecule has 10 heteroatoms. The molecule has 2 heterocycles. The molecule has 0 saturated carbocycles. The van der Waals surface area contributed by atoms with Gasteiger partial charge in [-0.05, 0) is 19.1 Å². The van der Waals surface area contributed by atoms with Crippen LogP contribution in [0.25, 0.3) is 11.3 Å². The Balaban J connectivity index is 1.35. The summed E-state index contributed by atoms with van der Waals surface area (Å²) in [4.78, 5) is 53.3. The van der Waals surface area contributed by atoms with E-state index in [-0.39, 0.29) is 30.1 Å². The molecule has 0 aliphatic carbocycles. The number of Topliss-reactive ketones (excluding diaryl/α,β-unsaturated/α-hetero) is 1. The Morgan fingerprint density at radius 3 is 2.55 bits per heavy atom. The molecule has 1 saturated heterocycles. The number of hydrogen-bond donors (Lipinski definition) is 0. The van der Waals surface area contributed by atoms with Gasteiger partial charge in [-0.2, -0.15) is 0 Å². The average molecular weight is 465 g/mol. The van der Waals surface area contributed by atoms with Gasteiger partial charge < -0.3 is 4.74 Å². The van der Waals surface area contributed by atoms with Crippen molar-refractivity contribution in [3.63, 3.8) is 0 Å². The smallest absolute Gasteiger partial charge is 0.311 e. The van der Waals surface area contributed by atoms with Crippen LogP contribution in [0.3, 0.4) is 0 Å². The number of ketones is 1. The molecule has 1 atom stereocenters. The number of nitrogens with zero attached hydrogens (tertiary/aromatic N) is 3. The van der Waals surface area contributed by atoms with Crippen molar-refractivity contribution in [2.24, 2.45) is 5.92 Å². The van der Waals surface area contributed by atoms with E-state index < -0.39 is 29.2 Å². The summed E-state index contributed by atoms with van der Waals surface area (Å²) >= 11 is 1.32. The lowest BCUT2D eigenvalue weighted by Crippen LogP contribution is -2.27. The SMILES string of the molecule is Cc1ccc(-c2csc(N3C[C@H](C(=O)OCC(=O)c4ccc([N+](=O)[O-])cc4)CC3=O)n2)cc1. The summed E-state index contributed by atoms with van der Waals surface area (Å²) in [6, 6.07) is 12.9. The largest absolute Gasteiger partial charge is 0.457 e. The Labute approximate surface area is 192 Å². The summed E-state index contributed by atoms with van der Waals surface area (Å²) in [5.74, 6) is -2.06. The molecule has 9 nitrogen and oxygen atoms in total. The number of anilines is 1.